The van der Waals surface area contributed by atoms with Crippen LogP contribution in [0.2, 0.25) is 0 Å². The Labute approximate surface area is 128 Å². The van der Waals surface area contributed by atoms with E-state index in [0.717, 1.165) is 24.2 Å². The molecule has 1 aromatic rings. The van der Waals surface area contributed by atoms with Crippen LogP contribution in [0.25, 0.3) is 0 Å². The van der Waals surface area contributed by atoms with E-state index in [0.29, 0.717) is 13.1 Å². The van der Waals surface area contributed by atoms with Crippen molar-refractivity contribution < 1.29 is 8.42 Å². The van der Waals surface area contributed by atoms with Crippen molar-refractivity contribution in [2.24, 2.45) is 0 Å². The van der Waals surface area contributed by atoms with E-state index in [-0.39, 0.29) is 5.75 Å². The Bertz CT molecular complexity index is 557. The fourth-order valence-corrected chi connectivity index (χ4v) is 3.44. The lowest BCUT2D eigenvalue weighted by molar-refractivity contribution is 0.473. The van der Waals surface area contributed by atoms with E-state index >= 15 is 0 Å². The summed E-state index contributed by atoms with van der Waals surface area (Å²) >= 11 is 0. The SMILES string of the molecule is C=CCN(CC=C)S(=O)(=O)Cc1cccc(CNCC)c1. The van der Waals surface area contributed by atoms with Gasteiger partial charge in [0.15, 0.2) is 0 Å². The van der Waals surface area contributed by atoms with E-state index in [1.807, 2.05) is 31.2 Å². The van der Waals surface area contributed by atoms with Crippen molar-refractivity contribution in [2.45, 2.75) is 19.2 Å². The average molecular weight is 308 g/mol. The van der Waals surface area contributed by atoms with Crippen LogP contribution in [0.15, 0.2) is 49.6 Å². The molecule has 1 rings (SSSR count). The second kappa shape index (κ2) is 8.77. The Kier molecular flexibility index (Phi) is 7.36. The summed E-state index contributed by atoms with van der Waals surface area (Å²) in [6.45, 7) is 11.5. The van der Waals surface area contributed by atoms with Crippen molar-refractivity contribution in [1.82, 2.24) is 9.62 Å². The van der Waals surface area contributed by atoms with Gasteiger partial charge >= 0.3 is 0 Å². The van der Waals surface area contributed by atoms with Crippen LogP contribution in [0.3, 0.4) is 0 Å². The van der Waals surface area contributed by atoms with Gasteiger partial charge in [0.05, 0.1) is 5.75 Å². The maximum atomic E-state index is 12.4. The number of rotatable bonds is 10. The third-order valence-corrected chi connectivity index (χ3v) is 4.76. The van der Waals surface area contributed by atoms with Crippen LogP contribution >= 0.6 is 0 Å². The van der Waals surface area contributed by atoms with Crippen LogP contribution in [0, 0.1) is 0 Å². The minimum Gasteiger partial charge on any atom is -0.313 e. The summed E-state index contributed by atoms with van der Waals surface area (Å²) in [5, 5.41) is 3.23. The van der Waals surface area contributed by atoms with E-state index in [9.17, 15) is 8.42 Å². The maximum absolute atomic E-state index is 12.4. The summed E-state index contributed by atoms with van der Waals surface area (Å²) in [5.74, 6) is -0.00531. The Hall–Kier alpha value is -1.43. The first-order chi connectivity index (χ1) is 10.0. The summed E-state index contributed by atoms with van der Waals surface area (Å²) in [6.07, 6.45) is 3.17. The van der Waals surface area contributed by atoms with Crippen molar-refractivity contribution in [2.75, 3.05) is 19.6 Å². The fourth-order valence-electron chi connectivity index (χ4n) is 1.99. The van der Waals surface area contributed by atoms with Crippen LogP contribution in [0.4, 0.5) is 0 Å². The van der Waals surface area contributed by atoms with Gasteiger partial charge in [-0.2, -0.15) is 4.31 Å². The van der Waals surface area contributed by atoms with Crippen LogP contribution in [-0.4, -0.2) is 32.4 Å². The molecule has 0 spiro atoms. The van der Waals surface area contributed by atoms with E-state index in [1.165, 1.54) is 4.31 Å². The predicted octanol–water partition coefficient (Wildman–Crippen LogP) is 2.30. The zero-order valence-electron chi connectivity index (χ0n) is 12.6. The van der Waals surface area contributed by atoms with Crippen molar-refractivity contribution in [3.05, 3.63) is 60.7 Å². The number of nitrogens with one attached hydrogen (secondary N) is 1. The van der Waals surface area contributed by atoms with Gasteiger partial charge in [-0.1, -0.05) is 43.3 Å². The zero-order chi connectivity index (χ0) is 15.7. The van der Waals surface area contributed by atoms with Gasteiger partial charge in [0.1, 0.15) is 0 Å². The molecule has 1 N–H and O–H groups in total. The highest BCUT2D eigenvalue weighted by Crippen LogP contribution is 2.13. The quantitative estimate of drug-likeness (QED) is 0.675. The molecule has 0 aromatic heterocycles. The van der Waals surface area contributed by atoms with Crippen LogP contribution in [-0.2, 0) is 22.3 Å². The average Bonchev–Trinajstić information content (AvgIpc) is 2.45. The molecule has 0 fully saturated rings. The van der Waals surface area contributed by atoms with Gasteiger partial charge in [-0.25, -0.2) is 8.42 Å². The number of sulfonamides is 1. The Morgan fingerprint density at radius 2 is 1.81 bits per heavy atom. The van der Waals surface area contributed by atoms with Crippen molar-refractivity contribution in [3.8, 4) is 0 Å². The highest BCUT2D eigenvalue weighted by Gasteiger charge is 2.20. The fraction of sp³-hybridized carbons (Fsp3) is 0.375. The van der Waals surface area contributed by atoms with Gasteiger partial charge in [-0.3, -0.25) is 0 Å². The molecule has 0 heterocycles. The van der Waals surface area contributed by atoms with Crippen LogP contribution < -0.4 is 5.32 Å². The lowest BCUT2D eigenvalue weighted by Crippen LogP contribution is -2.32. The number of hydrogen-bond acceptors (Lipinski definition) is 3. The molecule has 0 saturated carbocycles. The molecule has 0 saturated heterocycles. The number of nitrogens with zero attached hydrogens (tertiary/aromatic N) is 1. The molecule has 0 unspecified atom stereocenters. The topological polar surface area (TPSA) is 49.4 Å². The molecular weight excluding hydrogens is 284 g/mol. The van der Waals surface area contributed by atoms with E-state index in [4.69, 9.17) is 0 Å². The minimum atomic E-state index is -3.37. The summed E-state index contributed by atoms with van der Waals surface area (Å²) in [4.78, 5) is 0. The summed E-state index contributed by atoms with van der Waals surface area (Å²) in [7, 11) is -3.37. The van der Waals surface area contributed by atoms with E-state index in [2.05, 4.69) is 18.5 Å². The Balaban J connectivity index is 2.86. The smallest absolute Gasteiger partial charge is 0.218 e. The standard InChI is InChI=1S/C16H24N2O2S/c1-4-10-18(11-5-2)21(19,20)14-16-9-7-8-15(12-16)13-17-6-3/h4-5,7-9,12,17H,1-2,6,10-11,13-14H2,3H3. The Morgan fingerprint density at radius 1 is 1.19 bits per heavy atom. The largest absolute Gasteiger partial charge is 0.313 e. The van der Waals surface area contributed by atoms with Gasteiger partial charge in [0.2, 0.25) is 10.0 Å². The molecule has 5 heteroatoms. The molecule has 0 aliphatic carbocycles. The third kappa shape index (κ3) is 5.83. The van der Waals surface area contributed by atoms with Crippen LogP contribution in [0.5, 0.6) is 0 Å². The van der Waals surface area contributed by atoms with Gasteiger partial charge in [0.25, 0.3) is 0 Å². The highest BCUT2D eigenvalue weighted by atomic mass is 32.2. The minimum absolute atomic E-state index is 0.00531. The van der Waals surface area contributed by atoms with Crippen LogP contribution in [0.1, 0.15) is 18.1 Å². The summed E-state index contributed by atoms with van der Waals surface area (Å²) < 4.78 is 26.2. The molecule has 1 aromatic carbocycles. The molecule has 0 radical (unpaired) electrons. The van der Waals surface area contributed by atoms with Gasteiger partial charge in [-0.05, 0) is 17.7 Å². The first-order valence-corrected chi connectivity index (χ1v) is 8.62. The Morgan fingerprint density at radius 3 is 2.38 bits per heavy atom. The molecule has 0 aliphatic heterocycles. The normalized spacial score (nSPS) is 11.5. The molecule has 4 nitrogen and oxygen atoms in total. The molecule has 0 aliphatic rings. The molecule has 0 bridgehead atoms. The second-order valence-electron chi connectivity index (χ2n) is 4.75. The van der Waals surface area contributed by atoms with Crippen molar-refractivity contribution in [1.29, 1.82) is 0 Å². The van der Waals surface area contributed by atoms with Crippen molar-refractivity contribution >= 4 is 10.0 Å². The number of hydrogen-bond donors (Lipinski definition) is 1. The van der Waals surface area contributed by atoms with Gasteiger partial charge in [0, 0.05) is 19.6 Å². The lowest BCUT2D eigenvalue weighted by atomic mass is 10.1. The molecular formula is C16H24N2O2S. The first-order valence-electron chi connectivity index (χ1n) is 7.01. The first kappa shape index (κ1) is 17.6. The lowest BCUT2D eigenvalue weighted by Gasteiger charge is -2.19. The highest BCUT2D eigenvalue weighted by molar-refractivity contribution is 7.88. The predicted molar refractivity (Wildman–Crippen MR) is 88.4 cm³/mol. The summed E-state index contributed by atoms with van der Waals surface area (Å²) in [5.41, 5.74) is 1.88. The maximum Gasteiger partial charge on any atom is 0.218 e. The van der Waals surface area contributed by atoms with Gasteiger partial charge in [-0.15, -0.1) is 13.2 Å². The van der Waals surface area contributed by atoms with Gasteiger partial charge < -0.3 is 5.32 Å². The number of benzene rings is 1. The molecule has 21 heavy (non-hydrogen) atoms. The molecule has 0 amide bonds. The second-order valence-corrected chi connectivity index (χ2v) is 6.72. The monoisotopic (exact) mass is 308 g/mol. The van der Waals surface area contributed by atoms with E-state index < -0.39 is 10.0 Å². The zero-order valence-corrected chi connectivity index (χ0v) is 13.4. The molecule has 0 atom stereocenters. The third-order valence-electron chi connectivity index (χ3n) is 2.98. The van der Waals surface area contributed by atoms with Crippen molar-refractivity contribution in [3.63, 3.8) is 0 Å². The van der Waals surface area contributed by atoms with E-state index in [1.54, 1.807) is 12.2 Å². The molecule has 116 valence electrons. The summed E-state index contributed by atoms with van der Waals surface area (Å²) in [6, 6.07) is 7.65.